The second kappa shape index (κ2) is 11.5. The number of ether oxygens (including phenoxy) is 2. The van der Waals surface area contributed by atoms with Gasteiger partial charge >= 0.3 is 6.09 Å². The van der Waals surface area contributed by atoms with E-state index in [2.05, 4.69) is 11.2 Å². The standard InChI is InChI=1S/C28H25Cl2N3O3S/c1-19-23(29)9-5-11-26(19)35-13-14-36-28(34)33-12-15-37-27-22(7-4-10-25(27)33)21-16-31-32(18-21)17-20-6-2-3-8-24(20)30/h2-11,16,18H,12-15,17H2,1H3. The first-order valence-electron chi connectivity index (χ1n) is 11.9. The number of aromatic nitrogens is 2. The van der Waals surface area contributed by atoms with Gasteiger partial charge in [0.25, 0.3) is 0 Å². The summed E-state index contributed by atoms with van der Waals surface area (Å²) in [5, 5.41) is 5.90. The summed E-state index contributed by atoms with van der Waals surface area (Å²) >= 11 is 14.2. The number of thioether (sulfide) groups is 1. The first-order valence-corrected chi connectivity index (χ1v) is 13.6. The van der Waals surface area contributed by atoms with Crippen LogP contribution in [0.2, 0.25) is 10.0 Å². The maximum Gasteiger partial charge on any atom is 0.414 e. The molecule has 0 N–H and O–H groups in total. The molecule has 0 fully saturated rings. The van der Waals surface area contributed by atoms with Crippen LogP contribution in [0.3, 0.4) is 0 Å². The molecule has 1 aliphatic rings. The topological polar surface area (TPSA) is 56.6 Å². The quantitative estimate of drug-likeness (QED) is 0.224. The van der Waals surface area contributed by atoms with E-state index >= 15 is 0 Å². The molecule has 3 aromatic carbocycles. The molecule has 0 spiro atoms. The van der Waals surface area contributed by atoms with Gasteiger partial charge in [-0.2, -0.15) is 5.10 Å². The molecule has 0 unspecified atom stereocenters. The average molecular weight is 554 g/mol. The highest BCUT2D eigenvalue weighted by Crippen LogP contribution is 2.42. The Morgan fingerprint density at radius 3 is 2.70 bits per heavy atom. The zero-order chi connectivity index (χ0) is 25.8. The highest BCUT2D eigenvalue weighted by Gasteiger charge is 2.26. The lowest BCUT2D eigenvalue weighted by Crippen LogP contribution is -2.36. The lowest BCUT2D eigenvalue weighted by Gasteiger charge is -2.29. The van der Waals surface area contributed by atoms with E-state index in [0.29, 0.717) is 23.9 Å². The lowest BCUT2D eigenvalue weighted by atomic mass is 10.1. The van der Waals surface area contributed by atoms with Crippen LogP contribution >= 0.6 is 35.0 Å². The number of halogens is 2. The molecule has 0 bridgehead atoms. The smallest absolute Gasteiger partial charge is 0.414 e. The van der Waals surface area contributed by atoms with Gasteiger partial charge in [-0.3, -0.25) is 9.58 Å². The zero-order valence-corrected chi connectivity index (χ0v) is 22.5. The van der Waals surface area contributed by atoms with Gasteiger partial charge in [-0.25, -0.2) is 4.79 Å². The predicted molar refractivity (Wildman–Crippen MR) is 149 cm³/mol. The minimum atomic E-state index is -0.389. The van der Waals surface area contributed by atoms with Gasteiger partial charge in [0, 0.05) is 50.1 Å². The van der Waals surface area contributed by atoms with Gasteiger partial charge in [-0.15, -0.1) is 11.8 Å². The van der Waals surface area contributed by atoms with Crippen molar-refractivity contribution in [2.75, 3.05) is 30.4 Å². The van der Waals surface area contributed by atoms with Crippen molar-refractivity contribution in [1.82, 2.24) is 9.78 Å². The Bertz CT molecular complexity index is 1430. The van der Waals surface area contributed by atoms with Crippen LogP contribution in [0.4, 0.5) is 10.5 Å². The Kier molecular flexibility index (Phi) is 7.93. The number of anilines is 1. The van der Waals surface area contributed by atoms with Crippen molar-refractivity contribution in [1.29, 1.82) is 0 Å². The van der Waals surface area contributed by atoms with E-state index in [9.17, 15) is 4.79 Å². The van der Waals surface area contributed by atoms with Crippen LogP contribution in [0.15, 0.2) is 78.0 Å². The maximum absolute atomic E-state index is 13.0. The van der Waals surface area contributed by atoms with Crippen LogP contribution in [0, 0.1) is 6.92 Å². The van der Waals surface area contributed by atoms with Gasteiger partial charge in [0.15, 0.2) is 0 Å². The molecule has 9 heteroatoms. The Labute approximate surface area is 230 Å². The molecular weight excluding hydrogens is 529 g/mol. The number of amides is 1. The van der Waals surface area contributed by atoms with E-state index in [-0.39, 0.29) is 19.3 Å². The number of fused-ring (bicyclic) bond motifs is 1. The van der Waals surface area contributed by atoms with Gasteiger partial charge < -0.3 is 9.47 Å². The van der Waals surface area contributed by atoms with Crippen molar-refractivity contribution in [3.05, 3.63) is 94.2 Å². The van der Waals surface area contributed by atoms with Crippen LogP contribution in [-0.4, -0.2) is 41.4 Å². The third-order valence-electron chi connectivity index (χ3n) is 6.09. The zero-order valence-electron chi connectivity index (χ0n) is 20.2. The van der Waals surface area contributed by atoms with Crippen molar-refractivity contribution >= 4 is 46.7 Å². The Morgan fingerprint density at radius 2 is 1.84 bits per heavy atom. The van der Waals surface area contributed by atoms with Crippen LogP contribution in [0.1, 0.15) is 11.1 Å². The Morgan fingerprint density at radius 1 is 1.03 bits per heavy atom. The summed E-state index contributed by atoms with van der Waals surface area (Å²) in [5.41, 5.74) is 4.72. The largest absolute Gasteiger partial charge is 0.490 e. The summed E-state index contributed by atoms with van der Waals surface area (Å²) in [6, 6.07) is 19.2. The molecule has 0 saturated carbocycles. The number of benzene rings is 3. The normalized spacial score (nSPS) is 12.8. The van der Waals surface area contributed by atoms with Gasteiger partial charge in [0.2, 0.25) is 0 Å². The first-order chi connectivity index (χ1) is 18.0. The molecule has 0 aliphatic carbocycles. The number of hydrogen-bond donors (Lipinski definition) is 0. The molecule has 1 aliphatic heterocycles. The van der Waals surface area contributed by atoms with Crippen molar-refractivity contribution in [2.24, 2.45) is 0 Å². The van der Waals surface area contributed by atoms with Crippen molar-refractivity contribution in [2.45, 2.75) is 18.4 Å². The fourth-order valence-electron chi connectivity index (χ4n) is 4.16. The average Bonchev–Trinajstić information content (AvgIpc) is 3.37. The number of rotatable bonds is 7. The molecule has 0 atom stereocenters. The van der Waals surface area contributed by atoms with E-state index in [1.54, 1.807) is 16.7 Å². The third kappa shape index (κ3) is 5.74. The maximum atomic E-state index is 13.0. The summed E-state index contributed by atoms with van der Waals surface area (Å²) < 4.78 is 13.2. The van der Waals surface area contributed by atoms with Gasteiger partial charge in [0.05, 0.1) is 18.4 Å². The lowest BCUT2D eigenvalue weighted by molar-refractivity contribution is 0.131. The Balaban J connectivity index is 1.26. The van der Waals surface area contributed by atoms with Crippen molar-refractivity contribution < 1.29 is 14.3 Å². The SMILES string of the molecule is Cc1c(Cl)cccc1OCCOC(=O)N1CCSc2c(-c3cnn(Cc4ccccc4Cl)c3)cccc21. The van der Waals surface area contributed by atoms with E-state index in [4.69, 9.17) is 32.7 Å². The van der Waals surface area contributed by atoms with E-state index in [1.807, 2.05) is 78.6 Å². The monoisotopic (exact) mass is 553 g/mol. The fourth-order valence-corrected chi connectivity index (χ4v) is 5.67. The summed E-state index contributed by atoms with van der Waals surface area (Å²) in [5.74, 6) is 1.45. The molecule has 4 aromatic rings. The Hall–Kier alpha value is -3.13. The molecule has 2 heterocycles. The van der Waals surface area contributed by atoms with E-state index in [0.717, 1.165) is 43.6 Å². The summed E-state index contributed by atoms with van der Waals surface area (Å²) in [6.07, 6.45) is 3.46. The van der Waals surface area contributed by atoms with Crippen LogP contribution in [-0.2, 0) is 11.3 Å². The van der Waals surface area contributed by atoms with Crippen LogP contribution < -0.4 is 9.64 Å². The van der Waals surface area contributed by atoms with Crippen LogP contribution in [0.25, 0.3) is 11.1 Å². The van der Waals surface area contributed by atoms with Gasteiger partial charge in [-0.1, -0.05) is 59.6 Å². The number of nitrogens with zero attached hydrogens (tertiary/aromatic N) is 3. The molecular formula is C28H25Cl2N3O3S. The number of hydrogen-bond acceptors (Lipinski definition) is 5. The molecule has 1 amide bonds. The number of carbonyl (C=O) groups excluding carboxylic acids is 1. The second-order valence-electron chi connectivity index (χ2n) is 8.50. The highest BCUT2D eigenvalue weighted by atomic mass is 35.5. The van der Waals surface area contributed by atoms with Gasteiger partial charge in [-0.05, 0) is 36.8 Å². The highest BCUT2D eigenvalue weighted by molar-refractivity contribution is 7.99. The third-order valence-corrected chi connectivity index (χ3v) is 7.97. The van der Waals surface area contributed by atoms with E-state index in [1.165, 1.54) is 0 Å². The molecule has 5 rings (SSSR count). The van der Waals surface area contributed by atoms with Crippen molar-refractivity contribution in [3.63, 3.8) is 0 Å². The molecule has 0 saturated heterocycles. The second-order valence-corrected chi connectivity index (χ2v) is 10.4. The molecule has 1 aromatic heterocycles. The molecule has 6 nitrogen and oxygen atoms in total. The minimum Gasteiger partial charge on any atom is -0.490 e. The predicted octanol–water partition coefficient (Wildman–Crippen LogP) is 7.34. The fraction of sp³-hybridized carbons (Fsp3) is 0.214. The van der Waals surface area contributed by atoms with Crippen molar-refractivity contribution in [3.8, 4) is 16.9 Å². The molecule has 37 heavy (non-hydrogen) atoms. The minimum absolute atomic E-state index is 0.137. The molecule has 190 valence electrons. The summed E-state index contributed by atoms with van der Waals surface area (Å²) in [4.78, 5) is 15.7. The summed E-state index contributed by atoms with van der Waals surface area (Å²) in [7, 11) is 0. The number of carbonyl (C=O) groups is 1. The van der Waals surface area contributed by atoms with E-state index < -0.39 is 0 Å². The van der Waals surface area contributed by atoms with Crippen LogP contribution in [0.5, 0.6) is 5.75 Å². The molecule has 0 radical (unpaired) electrons. The first kappa shape index (κ1) is 25.5. The summed E-state index contributed by atoms with van der Waals surface area (Å²) in [6.45, 7) is 3.42. The van der Waals surface area contributed by atoms with Gasteiger partial charge in [0.1, 0.15) is 19.0 Å².